The highest BCUT2D eigenvalue weighted by molar-refractivity contribution is 6.31. The number of benzene rings is 1. The van der Waals surface area contributed by atoms with E-state index in [0.717, 1.165) is 5.56 Å². The molecular weight excluding hydrogens is 214 g/mol. The Balaban J connectivity index is 2.99. The Bertz CT molecular complexity index is 352. The zero-order valence-corrected chi connectivity index (χ0v) is 9.45. The van der Waals surface area contributed by atoms with Crippen molar-refractivity contribution < 1.29 is 9.90 Å². The second-order valence-electron chi connectivity index (χ2n) is 3.69. The van der Waals surface area contributed by atoms with E-state index in [1.165, 1.54) is 0 Å². The van der Waals surface area contributed by atoms with Gasteiger partial charge in [0.2, 0.25) is 0 Å². The molecule has 0 saturated carbocycles. The number of rotatable bonds is 3. The molecule has 0 fully saturated rings. The monoisotopic (exact) mass is 227 g/mol. The third-order valence-electron chi connectivity index (χ3n) is 2.19. The van der Waals surface area contributed by atoms with Crippen molar-refractivity contribution in [1.29, 1.82) is 0 Å². The van der Waals surface area contributed by atoms with Crippen molar-refractivity contribution in [3.8, 4) is 0 Å². The first-order valence-corrected chi connectivity index (χ1v) is 5.14. The normalized spacial score (nSPS) is 12.5. The minimum atomic E-state index is -1.03. The van der Waals surface area contributed by atoms with Gasteiger partial charge in [-0.2, -0.15) is 0 Å². The Morgan fingerprint density at radius 2 is 2.00 bits per heavy atom. The molecular formula is C11H14ClNO2. The molecule has 1 aromatic rings. The van der Waals surface area contributed by atoms with Crippen LogP contribution >= 0.6 is 11.6 Å². The summed E-state index contributed by atoms with van der Waals surface area (Å²) in [5.41, 5.74) is 0.816. The molecule has 2 N–H and O–H groups in total. The molecule has 0 bridgehead atoms. The van der Waals surface area contributed by atoms with Gasteiger partial charge in [0.15, 0.2) is 0 Å². The summed E-state index contributed by atoms with van der Waals surface area (Å²) in [6, 6.07) is 7.00. The average molecular weight is 228 g/mol. The minimum absolute atomic E-state index is 0.154. The van der Waals surface area contributed by atoms with Crippen molar-refractivity contribution in [3.05, 3.63) is 34.9 Å². The number of halogens is 1. The highest BCUT2D eigenvalue weighted by Crippen LogP contribution is 2.27. The van der Waals surface area contributed by atoms with Crippen molar-refractivity contribution in [2.24, 2.45) is 5.92 Å². The lowest BCUT2D eigenvalue weighted by Gasteiger charge is -2.22. The Kier molecular flexibility index (Phi) is 3.97. The maximum absolute atomic E-state index is 10.6. The molecule has 0 saturated heterocycles. The van der Waals surface area contributed by atoms with Crippen molar-refractivity contribution in [2.45, 2.75) is 19.9 Å². The van der Waals surface area contributed by atoms with Crippen LogP contribution < -0.4 is 5.32 Å². The van der Waals surface area contributed by atoms with E-state index in [2.05, 4.69) is 5.32 Å². The van der Waals surface area contributed by atoms with Crippen LogP contribution in [0, 0.1) is 5.92 Å². The summed E-state index contributed by atoms with van der Waals surface area (Å²) in [5.74, 6) is 0.154. The van der Waals surface area contributed by atoms with E-state index in [0.29, 0.717) is 5.02 Å². The molecule has 0 aliphatic carbocycles. The summed E-state index contributed by atoms with van der Waals surface area (Å²) >= 11 is 6.01. The first-order valence-electron chi connectivity index (χ1n) is 4.76. The zero-order chi connectivity index (χ0) is 11.4. The van der Waals surface area contributed by atoms with Gasteiger partial charge < -0.3 is 10.4 Å². The average Bonchev–Trinajstić information content (AvgIpc) is 2.15. The van der Waals surface area contributed by atoms with E-state index in [1.807, 2.05) is 32.0 Å². The first-order chi connectivity index (χ1) is 7.02. The highest BCUT2D eigenvalue weighted by Gasteiger charge is 2.19. The maximum Gasteiger partial charge on any atom is 0.405 e. The largest absolute Gasteiger partial charge is 0.465 e. The second-order valence-corrected chi connectivity index (χ2v) is 4.10. The van der Waals surface area contributed by atoms with Crippen LogP contribution in [0.1, 0.15) is 25.5 Å². The molecule has 0 radical (unpaired) electrons. The van der Waals surface area contributed by atoms with E-state index in [-0.39, 0.29) is 12.0 Å². The Hall–Kier alpha value is -1.22. The van der Waals surface area contributed by atoms with Crippen LogP contribution in [0.15, 0.2) is 24.3 Å². The molecule has 0 aliphatic heterocycles. The Morgan fingerprint density at radius 3 is 2.47 bits per heavy atom. The lowest BCUT2D eigenvalue weighted by atomic mass is 9.96. The number of hydrogen-bond acceptors (Lipinski definition) is 1. The predicted octanol–water partition coefficient (Wildman–Crippen LogP) is 3.30. The zero-order valence-electron chi connectivity index (χ0n) is 8.70. The molecule has 1 aromatic carbocycles. The van der Waals surface area contributed by atoms with Gasteiger partial charge in [-0.05, 0) is 17.5 Å². The summed E-state index contributed by atoms with van der Waals surface area (Å²) in [6.45, 7) is 3.90. The summed E-state index contributed by atoms with van der Waals surface area (Å²) in [6.07, 6.45) is -1.03. The molecule has 82 valence electrons. The fourth-order valence-electron chi connectivity index (χ4n) is 1.46. The van der Waals surface area contributed by atoms with E-state index in [1.54, 1.807) is 6.07 Å². The molecule has 0 spiro atoms. The van der Waals surface area contributed by atoms with Gasteiger partial charge in [-0.25, -0.2) is 4.79 Å². The number of hydrogen-bond donors (Lipinski definition) is 2. The van der Waals surface area contributed by atoms with Gasteiger partial charge in [0.25, 0.3) is 0 Å². The molecule has 1 atom stereocenters. The minimum Gasteiger partial charge on any atom is -0.465 e. The number of nitrogens with one attached hydrogen (secondary N) is 1. The van der Waals surface area contributed by atoms with Crippen LogP contribution in [0.5, 0.6) is 0 Å². The topological polar surface area (TPSA) is 49.3 Å². The van der Waals surface area contributed by atoms with Gasteiger partial charge >= 0.3 is 6.09 Å². The van der Waals surface area contributed by atoms with Gasteiger partial charge in [-0.15, -0.1) is 0 Å². The molecule has 4 heteroatoms. The van der Waals surface area contributed by atoms with Gasteiger partial charge in [0, 0.05) is 5.02 Å². The number of carboxylic acid groups (broad SMARTS) is 1. The molecule has 3 nitrogen and oxygen atoms in total. The summed E-state index contributed by atoms with van der Waals surface area (Å²) in [7, 11) is 0. The van der Waals surface area contributed by atoms with Gasteiger partial charge in [0.1, 0.15) is 0 Å². The Morgan fingerprint density at radius 1 is 1.40 bits per heavy atom. The van der Waals surface area contributed by atoms with Crippen LogP contribution in [0.25, 0.3) is 0 Å². The summed E-state index contributed by atoms with van der Waals surface area (Å²) in [5, 5.41) is 11.8. The van der Waals surface area contributed by atoms with E-state index in [4.69, 9.17) is 16.7 Å². The van der Waals surface area contributed by atoms with Gasteiger partial charge in [0.05, 0.1) is 6.04 Å². The third-order valence-corrected chi connectivity index (χ3v) is 2.53. The lowest BCUT2D eigenvalue weighted by molar-refractivity contribution is 0.186. The molecule has 0 heterocycles. The maximum atomic E-state index is 10.6. The van der Waals surface area contributed by atoms with Gasteiger partial charge in [-0.1, -0.05) is 43.6 Å². The molecule has 0 aliphatic rings. The van der Waals surface area contributed by atoms with Crippen LogP contribution in [0.3, 0.4) is 0 Å². The molecule has 1 rings (SSSR count). The first kappa shape index (κ1) is 11.9. The predicted molar refractivity (Wildman–Crippen MR) is 60.2 cm³/mol. The highest BCUT2D eigenvalue weighted by atomic mass is 35.5. The summed E-state index contributed by atoms with van der Waals surface area (Å²) < 4.78 is 0. The Labute approximate surface area is 94.1 Å². The van der Waals surface area contributed by atoms with Crippen LogP contribution in [0.4, 0.5) is 4.79 Å². The van der Waals surface area contributed by atoms with Crippen LogP contribution in [-0.4, -0.2) is 11.2 Å². The lowest BCUT2D eigenvalue weighted by Crippen LogP contribution is -2.30. The van der Waals surface area contributed by atoms with Crippen molar-refractivity contribution >= 4 is 17.7 Å². The van der Waals surface area contributed by atoms with Crippen molar-refractivity contribution in [1.82, 2.24) is 5.32 Å². The summed E-state index contributed by atoms with van der Waals surface area (Å²) in [4.78, 5) is 10.6. The molecule has 1 amide bonds. The van der Waals surface area contributed by atoms with E-state index < -0.39 is 6.09 Å². The van der Waals surface area contributed by atoms with Crippen LogP contribution in [-0.2, 0) is 0 Å². The molecule has 15 heavy (non-hydrogen) atoms. The molecule has 1 unspecified atom stereocenters. The number of carbonyl (C=O) groups is 1. The second kappa shape index (κ2) is 5.03. The van der Waals surface area contributed by atoms with Crippen LogP contribution in [0.2, 0.25) is 5.02 Å². The van der Waals surface area contributed by atoms with E-state index >= 15 is 0 Å². The quantitative estimate of drug-likeness (QED) is 0.833. The van der Waals surface area contributed by atoms with Crippen molar-refractivity contribution in [2.75, 3.05) is 0 Å². The fourth-order valence-corrected chi connectivity index (χ4v) is 1.72. The number of amides is 1. The smallest absolute Gasteiger partial charge is 0.405 e. The standard InChI is InChI=1S/C11H14ClNO2/c1-7(2)10(13-11(14)15)8-5-3-4-6-9(8)12/h3-7,10,13H,1-2H3,(H,14,15). The fraction of sp³-hybridized carbons (Fsp3) is 0.364. The third kappa shape index (κ3) is 3.13. The van der Waals surface area contributed by atoms with Gasteiger partial charge in [-0.3, -0.25) is 0 Å². The SMILES string of the molecule is CC(C)C(NC(=O)O)c1ccccc1Cl. The van der Waals surface area contributed by atoms with Crippen molar-refractivity contribution in [3.63, 3.8) is 0 Å². The van der Waals surface area contributed by atoms with E-state index in [9.17, 15) is 4.79 Å². The molecule has 0 aromatic heterocycles.